The van der Waals surface area contributed by atoms with Crippen molar-refractivity contribution in [2.75, 3.05) is 6.54 Å². The zero-order chi connectivity index (χ0) is 6.10. The zero-order valence-electron chi connectivity index (χ0n) is 5.56. The van der Waals surface area contributed by atoms with Crippen molar-refractivity contribution in [3.05, 3.63) is 12.3 Å². The molecule has 0 bridgehead atoms. The molecule has 0 aromatic heterocycles. The van der Waals surface area contributed by atoms with Crippen LogP contribution in [0.2, 0.25) is 0 Å². The third-order valence-electron chi connectivity index (χ3n) is 1.84. The fourth-order valence-corrected chi connectivity index (χ4v) is 1.26. The molecular weight excluding hydrogens is 150 g/mol. The monoisotopic (exact) mass is 159 g/mol. The van der Waals surface area contributed by atoms with Gasteiger partial charge >= 0.3 is 0 Å². The molecule has 0 amide bonds. The van der Waals surface area contributed by atoms with E-state index in [1.165, 1.54) is 0 Å². The number of hydrogen-bond donors (Lipinski definition) is 0. The summed E-state index contributed by atoms with van der Waals surface area (Å²) in [7, 11) is 0. The highest BCUT2D eigenvalue weighted by molar-refractivity contribution is 5.85. The molecule has 0 N–H and O–H groups in total. The van der Waals surface area contributed by atoms with Gasteiger partial charge in [0.05, 0.1) is 6.26 Å². The van der Waals surface area contributed by atoms with Gasteiger partial charge in [-0.05, 0) is 6.08 Å². The molecule has 2 heterocycles. The molecule has 0 fully saturated rings. The van der Waals surface area contributed by atoms with E-state index in [9.17, 15) is 0 Å². The van der Waals surface area contributed by atoms with Crippen LogP contribution in [0.25, 0.3) is 0 Å². The lowest BCUT2D eigenvalue weighted by Crippen LogP contribution is -2.22. The standard InChI is InChI=1S/C7H9NO.ClH/c1-3-8-5-6-2-4-9-7(1)6;/h2-4,6-7H,1,5H2;1H. The fourth-order valence-electron chi connectivity index (χ4n) is 1.26. The van der Waals surface area contributed by atoms with E-state index in [1.54, 1.807) is 6.26 Å². The van der Waals surface area contributed by atoms with Gasteiger partial charge in [-0.15, -0.1) is 12.4 Å². The quantitative estimate of drug-likeness (QED) is 0.524. The minimum Gasteiger partial charge on any atom is -0.497 e. The summed E-state index contributed by atoms with van der Waals surface area (Å²) in [5.41, 5.74) is 0. The number of rotatable bonds is 0. The van der Waals surface area contributed by atoms with E-state index in [2.05, 4.69) is 11.1 Å². The highest BCUT2D eigenvalue weighted by atomic mass is 35.5. The summed E-state index contributed by atoms with van der Waals surface area (Å²) in [5, 5.41) is 0. The van der Waals surface area contributed by atoms with Gasteiger partial charge in [0, 0.05) is 25.1 Å². The van der Waals surface area contributed by atoms with Crippen molar-refractivity contribution in [1.29, 1.82) is 0 Å². The molecule has 2 rings (SSSR count). The van der Waals surface area contributed by atoms with Gasteiger partial charge in [-0.2, -0.15) is 0 Å². The Hall–Kier alpha value is -0.500. The Bertz CT molecular complexity index is 167. The van der Waals surface area contributed by atoms with E-state index in [0.29, 0.717) is 12.0 Å². The number of ether oxygens (including phenoxy) is 1. The average molecular weight is 160 g/mol. The van der Waals surface area contributed by atoms with Crippen LogP contribution in [-0.2, 0) is 4.74 Å². The minimum absolute atomic E-state index is 0. The van der Waals surface area contributed by atoms with Crippen LogP contribution in [0.3, 0.4) is 0 Å². The SMILES string of the molecule is C1=CC2CN=CCC2O1.Cl. The molecule has 0 saturated heterocycles. The van der Waals surface area contributed by atoms with E-state index in [-0.39, 0.29) is 12.4 Å². The van der Waals surface area contributed by atoms with Crippen molar-refractivity contribution >= 4 is 18.6 Å². The molecule has 0 aliphatic carbocycles. The van der Waals surface area contributed by atoms with Gasteiger partial charge in [0.1, 0.15) is 6.10 Å². The molecule has 0 saturated carbocycles. The number of nitrogens with zero attached hydrogens (tertiary/aromatic N) is 1. The van der Waals surface area contributed by atoms with Gasteiger partial charge in [0.25, 0.3) is 0 Å². The van der Waals surface area contributed by atoms with Crippen molar-refractivity contribution in [2.24, 2.45) is 10.9 Å². The topological polar surface area (TPSA) is 21.6 Å². The summed E-state index contributed by atoms with van der Waals surface area (Å²) in [4.78, 5) is 4.16. The van der Waals surface area contributed by atoms with Gasteiger partial charge in [0.2, 0.25) is 0 Å². The summed E-state index contributed by atoms with van der Waals surface area (Å²) < 4.78 is 5.29. The zero-order valence-corrected chi connectivity index (χ0v) is 6.38. The number of aliphatic imine (C=N–C) groups is 1. The van der Waals surface area contributed by atoms with Crippen LogP contribution in [0.5, 0.6) is 0 Å². The lowest BCUT2D eigenvalue weighted by Gasteiger charge is -2.18. The lowest BCUT2D eigenvalue weighted by molar-refractivity contribution is 0.141. The maximum Gasteiger partial charge on any atom is 0.111 e. The van der Waals surface area contributed by atoms with Crippen LogP contribution in [0.1, 0.15) is 6.42 Å². The predicted molar refractivity (Wildman–Crippen MR) is 42.7 cm³/mol. The molecule has 0 aromatic carbocycles. The van der Waals surface area contributed by atoms with Crippen molar-refractivity contribution in [3.8, 4) is 0 Å². The smallest absolute Gasteiger partial charge is 0.111 e. The molecule has 10 heavy (non-hydrogen) atoms. The van der Waals surface area contributed by atoms with E-state index in [4.69, 9.17) is 4.74 Å². The second kappa shape index (κ2) is 3.06. The summed E-state index contributed by atoms with van der Waals surface area (Å²) in [6.45, 7) is 0.918. The highest BCUT2D eigenvalue weighted by Gasteiger charge is 2.25. The number of halogens is 1. The van der Waals surface area contributed by atoms with E-state index >= 15 is 0 Å². The highest BCUT2D eigenvalue weighted by Crippen LogP contribution is 2.22. The van der Waals surface area contributed by atoms with Gasteiger partial charge in [-0.3, -0.25) is 4.99 Å². The second-order valence-corrected chi connectivity index (χ2v) is 2.45. The molecule has 0 spiro atoms. The maximum absolute atomic E-state index is 5.29. The Balaban J connectivity index is 0.000000500. The summed E-state index contributed by atoms with van der Waals surface area (Å²) in [5.74, 6) is 0.565. The Labute approximate surface area is 66.4 Å². The predicted octanol–water partition coefficient (Wildman–Crippen LogP) is 1.41. The normalized spacial score (nSPS) is 34.4. The van der Waals surface area contributed by atoms with Gasteiger partial charge < -0.3 is 4.74 Å². The van der Waals surface area contributed by atoms with Crippen molar-refractivity contribution in [1.82, 2.24) is 0 Å². The minimum atomic E-state index is 0. The molecule has 2 atom stereocenters. The molecule has 56 valence electrons. The van der Waals surface area contributed by atoms with Gasteiger partial charge in [0.15, 0.2) is 0 Å². The first kappa shape index (κ1) is 7.61. The molecule has 2 nitrogen and oxygen atoms in total. The van der Waals surface area contributed by atoms with Crippen LogP contribution in [0, 0.1) is 5.92 Å². The molecule has 0 radical (unpaired) electrons. The third kappa shape index (κ3) is 1.16. The first-order valence-corrected chi connectivity index (χ1v) is 3.27. The Morgan fingerprint density at radius 2 is 2.40 bits per heavy atom. The lowest BCUT2D eigenvalue weighted by atomic mass is 10.00. The molecule has 2 unspecified atom stereocenters. The number of fused-ring (bicyclic) bond motifs is 1. The van der Waals surface area contributed by atoms with Gasteiger partial charge in [-0.25, -0.2) is 0 Å². The number of hydrogen-bond acceptors (Lipinski definition) is 2. The van der Waals surface area contributed by atoms with Crippen molar-refractivity contribution < 1.29 is 4.74 Å². The van der Waals surface area contributed by atoms with Crippen molar-refractivity contribution in [3.63, 3.8) is 0 Å². The summed E-state index contributed by atoms with van der Waals surface area (Å²) in [6.07, 6.45) is 7.24. The van der Waals surface area contributed by atoms with Crippen LogP contribution in [-0.4, -0.2) is 18.9 Å². The van der Waals surface area contributed by atoms with E-state index in [0.717, 1.165) is 13.0 Å². The Kier molecular flexibility index (Phi) is 2.33. The Morgan fingerprint density at radius 3 is 3.20 bits per heavy atom. The molecular formula is C7H10ClNO. The summed E-state index contributed by atoms with van der Waals surface area (Å²) in [6, 6.07) is 0. The van der Waals surface area contributed by atoms with E-state index < -0.39 is 0 Å². The molecule has 2 aliphatic rings. The molecule has 0 aromatic rings. The van der Waals surface area contributed by atoms with E-state index in [1.807, 2.05) is 6.21 Å². The van der Waals surface area contributed by atoms with Crippen molar-refractivity contribution in [2.45, 2.75) is 12.5 Å². The largest absolute Gasteiger partial charge is 0.497 e. The first-order valence-electron chi connectivity index (χ1n) is 3.27. The molecule has 3 heteroatoms. The van der Waals surface area contributed by atoms with Gasteiger partial charge in [-0.1, -0.05) is 0 Å². The third-order valence-corrected chi connectivity index (χ3v) is 1.84. The second-order valence-electron chi connectivity index (χ2n) is 2.45. The average Bonchev–Trinajstić information content (AvgIpc) is 2.33. The van der Waals surface area contributed by atoms with Crippen LogP contribution in [0.15, 0.2) is 17.3 Å². The fraction of sp³-hybridized carbons (Fsp3) is 0.571. The van der Waals surface area contributed by atoms with Crippen LogP contribution >= 0.6 is 12.4 Å². The maximum atomic E-state index is 5.29. The van der Waals surface area contributed by atoms with Crippen LogP contribution in [0.4, 0.5) is 0 Å². The molecule has 2 aliphatic heterocycles. The van der Waals surface area contributed by atoms with Crippen LogP contribution < -0.4 is 0 Å². The summed E-state index contributed by atoms with van der Waals surface area (Å²) >= 11 is 0. The Morgan fingerprint density at radius 1 is 1.50 bits per heavy atom. The first-order chi connectivity index (χ1) is 4.47.